The van der Waals surface area contributed by atoms with Crippen LogP contribution in [0.25, 0.3) is 22.0 Å². The number of rotatable bonds is 8. The van der Waals surface area contributed by atoms with Gasteiger partial charge >= 0.3 is 0 Å². The highest BCUT2D eigenvalue weighted by molar-refractivity contribution is 7.91. The van der Waals surface area contributed by atoms with Crippen LogP contribution >= 0.6 is 23.2 Å². The summed E-state index contributed by atoms with van der Waals surface area (Å²) < 4.78 is 32.0. The van der Waals surface area contributed by atoms with Crippen molar-refractivity contribution in [1.82, 2.24) is 19.7 Å². The molecule has 0 aliphatic carbocycles. The van der Waals surface area contributed by atoms with Crippen molar-refractivity contribution in [1.29, 1.82) is 5.26 Å². The normalized spacial score (nSPS) is 11.4. The molecule has 2 heterocycles. The van der Waals surface area contributed by atoms with Crippen LogP contribution in [0.2, 0.25) is 5.02 Å². The van der Waals surface area contributed by atoms with Crippen molar-refractivity contribution in [3.05, 3.63) is 65.1 Å². The number of hydrogen-bond acceptors (Lipinski definition) is 7. The third kappa shape index (κ3) is 5.56. The molecule has 2 aromatic heterocycles. The summed E-state index contributed by atoms with van der Waals surface area (Å²) in [5.41, 5.74) is 3.45. The molecule has 9 nitrogen and oxygen atoms in total. The van der Waals surface area contributed by atoms with Gasteiger partial charge in [0.15, 0.2) is 5.75 Å². The fraction of sp³-hybridized carbons (Fsp3) is 0.182. The Balaban J connectivity index is 1.58. The van der Waals surface area contributed by atoms with Crippen LogP contribution < -0.4 is 9.46 Å². The summed E-state index contributed by atoms with van der Waals surface area (Å²) >= 11 is 12.0. The summed E-state index contributed by atoms with van der Waals surface area (Å²) in [7, 11) is -3.44. The molecule has 2 aromatic carbocycles. The SMILES string of the molecule is CS(=O)(=O)Nc1ncc(Cn2cc3ccc(-c4cc(Cl)c(OCCCl)c(C#N)c4)cc3n2)cn1. The number of benzene rings is 2. The number of nitrogens with one attached hydrogen (secondary N) is 1. The van der Waals surface area contributed by atoms with E-state index in [-0.39, 0.29) is 18.4 Å². The molecule has 34 heavy (non-hydrogen) atoms. The Bertz CT molecular complexity index is 1500. The Morgan fingerprint density at radius 3 is 2.62 bits per heavy atom. The Morgan fingerprint density at radius 1 is 1.18 bits per heavy atom. The lowest BCUT2D eigenvalue weighted by atomic mass is 10.0. The third-order valence-electron chi connectivity index (χ3n) is 4.70. The van der Waals surface area contributed by atoms with E-state index < -0.39 is 10.0 Å². The molecule has 0 aliphatic heterocycles. The zero-order valence-corrected chi connectivity index (χ0v) is 20.2. The number of anilines is 1. The van der Waals surface area contributed by atoms with E-state index in [0.29, 0.717) is 22.9 Å². The van der Waals surface area contributed by atoms with Gasteiger partial charge in [-0.15, -0.1) is 11.6 Å². The lowest BCUT2D eigenvalue weighted by molar-refractivity contribution is 0.342. The van der Waals surface area contributed by atoms with E-state index in [9.17, 15) is 13.7 Å². The maximum atomic E-state index is 11.3. The Morgan fingerprint density at radius 2 is 1.94 bits per heavy atom. The number of alkyl halides is 1. The number of hydrogen-bond donors (Lipinski definition) is 1. The van der Waals surface area contributed by atoms with E-state index in [4.69, 9.17) is 27.9 Å². The molecule has 1 N–H and O–H groups in total. The molecule has 0 saturated carbocycles. The molecule has 0 bridgehead atoms. The van der Waals surface area contributed by atoms with Gasteiger partial charge in [-0.25, -0.2) is 18.4 Å². The molecule has 0 radical (unpaired) electrons. The molecule has 0 unspecified atom stereocenters. The van der Waals surface area contributed by atoms with Crippen LogP contribution in [0.15, 0.2) is 48.9 Å². The average Bonchev–Trinajstić information content (AvgIpc) is 3.19. The fourth-order valence-electron chi connectivity index (χ4n) is 3.30. The van der Waals surface area contributed by atoms with Gasteiger partial charge in [-0.1, -0.05) is 23.7 Å². The van der Waals surface area contributed by atoms with E-state index >= 15 is 0 Å². The van der Waals surface area contributed by atoms with Crippen molar-refractivity contribution in [2.24, 2.45) is 0 Å². The molecule has 4 aromatic rings. The number of ether oxygens (including phenoxy) is 1. The molecule has 174 valence electrons. The maximum absolute atomic E-state index is 11.3. The molecule has 0 spiro atoms. The predicted molar refractivity (Wildman–Crippen MR) is 131 cm³/mol. The van der Waals surface area contributed by atoms with Crippen LogP contribution in [0.5, 0.6) is 5.75 Å². The number of fused-ring (bicyclic) bond motifs is 1. The second-order valence-corrected chi connectivity index (χ2v) is 9.91. The van der Waals surface area contributed by atoms with Gasteiger partial charge < -0.3 is 4.74 Å². The first kappa shape index (κ1) is 23.8. The maximum Gasteiger partial charge on any atom is 0.236 e. The lowest BCUT2D eigenvalue weighted by Gasteiger charge is -2.11. The number of sulfonamides is 1. The van der Waals surface area contributed by atoms with Gasteiger partial charge in [-0.05, 0) is 29.3 Å². The summed E-state index contributed by atoms with van der Waals surface area (Å²) in [6.07, 6.45) is 6.00. The largest absolute Gasteiger partial charge is 0.489 e. The smallest absolute Gasteiger partial charge is 0.236 e. The van der Waals surface area contributed by atoms with E-state index in [1.165, 1.54) is 12.4 Å². The Labute approximate surface area is 206 Å². The van der Waals surface area contributed by atoms with Gasteiger partial charge in [0, 0.05) is 29.5 Å². The lowest BCUT2D eigenvalue weighted by Crippen LogP contribution is -2.12. The van der Waals surface area contributed by atoms with Gasteiger partial charge in [-0.2, -0.15) is 10.4 Å². The zero-order chi connectivity index (χ0) is 24.3. The monoisotopic (exact) mass is 516 g/mol. The van der Waals surface area contributed by atoms with Gasteiger partial charge in [0.05, 0.1) is 34.8 Å². The molecular formula is C22H18Cl2N6O3S. The van der Waals surface area contributed by atoms with E-state index in [1.54, 1.807) is 16.8 Å². The topological polar surface area (TPSA) is 123 Å². The van der Waals surface area contributed by atoms with Gasteiger partial charge in [0.2, 0.25) is 16.0 Å². The van der Waals surface area contributed by atoms with Crippen molar-refractivity contribution < 1.29 is 13.2 Å². The minimum Gasteiger partial charge on any atom is -0.489 e. The minimum atomic E-state index is -3.44. The molecule has 12 heteroatoms. The summed E-state index contributed by atoms with van der Waals surface area (Å²) in [6, 6.07) is 11.3. The highest BCUT2D eigenvalue weighted by atomic mass is 35.5. The van der Waals surface area contributed by atoms with Crippen molar-refractivity contribution in [3.63, 3.8) is 0 Å². The van der Waals surface area contributed by atoms with E-state index in [2.05, 4.69) is 25.9 Å². The molecule has 0 saturated heterocycles. The summed E-state index contributed by atoms with van der Waals surface area (Å²) in [4.78, 5) is 8.04. The molecule has 0 amide bonds. The van der Waals surface area contributed by atoms with Crippen LogP contribution in [0.4, 0.5) is 5.95 Å². The van der Waals surface area contributed by atoms with Gasteiger partial charge in [0.1, 0.15) is 12.7 Å². The molecule has 0 atom stereocenters. The van der Waals surface area contributed by atoms with Crippen molar-refractivity contribution in [3.8, 4) is 22.9 Å². The van der Waals surface area contributed by atoms with Crippen molar-refractivity contribution >= 4 is 50.1 Å². The molecule has 0 fully saturated rings. The van der Waals surface area contributed by atoms with Gasteiger partial charge in [-0.3, -0.25) is 9.40 Å². The second-order valence-electron chi connectivity index (χ2n) is 7.37. The first-order chi connectivity index (χ1) is 16.3. The van der Waals surface area contributed by atoms with Crippen molar-refractivity contribution in [2.75, 3.05) is 23.5 Å². The number of nitriles is 1. The highest BCUT2D eigenvalue weighted by Crippen LogP contribution is 2.35. The molecule has 4 rings (SSSR count). The van der Waals surface area contributed by atoms with Gasteiger partial charge in [0.25, 0.3) is 0 Å². The zero-order valence-electron chi connectivity index (χ0n) is 17.9. The quantitative estimate of drug-likeness (QED) is 0.350. The van der Waals surface area contributed by atoms with Crippen LogP contribution in [-0.2, 0) is 16.6 Å². The fourth-order valence-corrected chi connectivity index (χ4v) is 4.09. The second kappa shape index (κ2) is 9.85. The number of nitrogens with zero attached hydrogens (tertiary/aromatic N) is 5. The molecule has 0 aliphatic rings. The third-order valence-corrected chi connectivity index (χ3v) is 5.69. The molecular weight excluding hydrogens is 499 g/mol. The van der Waals surface area contributed by atoms with E-state index in [0.717, 1.165) is 33.8 Å². The van der Waals surface area contributed by atoms with Crippen LogP contribution in [0.1, 0.15) is 11.1 Å². The standard InChI is InChI=1S/C22H18Cl2N6O3S/c1-34(31,32)29-22-26-10-14(11-27-22)12-30-13-16-3-2-15(8-20(16)28-30)17-6-18(9-25)21(19(24)7-17)33-5-4-23/h2-3,6-8,10-11,13H,4-5,12H2,1H3,(H,26,27,29). The first-order valence-corrected chi connectivity index (χ1v) is 12.7. The Kier molecular flexibility index (Phi) is 6.88. The number of aromatic nitrogens is 4. The average molecular weight is 517 g/mol. The summed E-state index contributed by atoms with van der Waals surface area (Å²) in [5.74, 6) is 0.616. The number of halogens is 2. The predicted octanol–water partition coefficient (Wildman–Crippen LogP) is 4.06. The summed E-state index contributed by atoms with van der Waals surface area (Å²) in [6.45, 7) is 0.654. The van der Waals surface area contributed by atoms with E-state index in [1.807, 2.05) is 24.4 Å². The minimum absolute atomic E-state index is 0.0102. The Hall–Kier alpha value is -3.39. The highest BCUT2D eigenvalue weighted by Gasteiger charge is 2.13. The van der Waals surface area contributed by atoms with Crippen LogP contribution in [0.3, 0.4) is 0 Å². The van der Waals surface area contributed by atoms with Crippen molar-refractivity contribution in [2.45, 2.75) is 6.54 Å². The first-order valence-electron chi connectivity index (χ1n) is 9.94. The summed E-state index contributed by atoms with van der Waals surface area (Å²) in [5, 5.41) is 15.4. The van der Waals surface area contributed by atoms with Crippen LogP contribution in [-0.4, -0.2) is 46.9 Å². The van der Waals surface area contributed by atoms with Crippen LogP contribution in [0, 0.1) is 11.3 Å².